The van der Waals surface area contributed by atoms with Crippen molar-refractivity contribution in [3.8, 4) is 0 Å². The minimum absolute atomic E-state index is 0.318. The molecule has 7 nitrogen and oxygen atoms in total. The molecule has 2 aromatic rings. The Kier molecular flexibility index (Phi) is 14.7. The van der Waals surface area contributed by atoms with Gasteiger partial charge in [0.2, 0.25) is 5.91 Å². The van der Waals surface area contributed by atoms with Crippen LogP contribution in [0, 0.1) is 13.8 Å². The van der Waals surface area contributed by atoms with E-state index in [-0.39, 0.29) is 11.8 Å². The quantitative estimate of drug-likeness (QED) is 0.197. The normalized spacial score (nSPS) is 12.8. The molecule has 2 rings (SSSR count). The fourth-order valence-electron chi connectivity index (χ4n) is 4.60. The number of amides is 3. The number of anilines is 1. The molecule has 9 heteroatoms. The average molecular weight is 618 g/mol. The number of ether oxygens (including phenoxy) is 1. The van der Waals surface area contributed by atoms with Crippen LogP contribution in [0.25, 0.3) is 0 Å². The highest BCUT2D eigenvalue weighted by molar-refractivity contribution is 7.98. The number of halogens is 1. The number of unbranched alkanes of at least 4 members (excludes halogenated alkanes) is 4. The highest BCUT2D eigenvalue weighted by Crippen LogP contribution is 2.30. The van der Waals surface area contributed by atoms with Crippen LogP contribution in [0.4, 0.5) is 10.5 Å². The van der Waals surface area contributed by atoms with Gasteiger partial charge in [0.05, 0.1) is 10.7 Å². The third-order valence-corrected chi connectivity index (χ3v) is 7.77. The molecule has 0 aliphatic carbocycles. The molecule has 0 radical (unpaired) electrons. The number of nitrogens with one attached hydrogen (secondary N) is 2. The first-order chi connectivity index (χ1) is 19.9. The highest BCUT2D eigenvalue weighted by Gasteiger charge is 2.36. The first-order valence-corrected chi connectivity index (χ1v) is 16.6. The monoisotopic (exact) mass is 617 g/mol. The Bertz CT molecular complexity index is 1150. The first-order valence-electron chi connectivity index (χ1n) is 14.8. The van der Waals surface area contributed by atoms with Gasteiger partial charge in [-0.05, 0) is 76.7 Å². The second kappa shape index (κ2) is 17.4. The molecule has 232 valence electrons. The van der Waals surface area contributed by atoms with E-state index in [9.17, 15) is 14.4 Å². The van der Waals surface area contributed by atoms with E-state index in [1.807, 2.05) is 56.5 Å². The molecule has 0 aliphatic heterocycles. The zero-order chi connectivity index (χ0) is 31.3. The van der Waals surface area contributed by atoms with Gasteiger partial charge in [0.25, 0.3) is 5.91 Å². The fraction of sp³-hybridized carbons (Fsp3) is 0.545. The van der Waals surface area contributed by atoms with Crippen molar-refractivity contribution in [3.63, 3.8) is 0 Å². The minimum Gasteiger partial charge on any atom is -0.444 e. The standard InChI is InChI=1S/C33H48ClN3O4S/c1-8-9-10-11-12-21-37(31(39)27(20-22-42-7)35-32(40)41-33(4,5)6)29(25-18-16-23(2)17-19-25)30(38)36-28-24(3)14-13-15-26(28)34/h13-19,27,29H,8-12,20-22H2,1-7H3,(H,35,40)(H,36,38). The average Bonchev–Trinajstić information content (AvgIpc) is 2.91. The van der Waals surface area contributed by atoms with Gasteiger partial charge >= 0.3 is 6.09 Å². The van der Waals surface area contributed by atoms with Crippen LogP contribution in [0.5, 0.6) is 0 Å². The van der Waals surface area contributed by atoms with Gasteiger partial charge in [-0.3, -0.25) is 9.59 Å². The van der Waals surface area contributed by atoms with E-state index in [0.717, 1.165) is 43.2 Å². The van der Waals surface area contributed by atoms with Crippen molar-refractivity contribution < 1.29 is 19.1 Å². The summed E-state index contributed by atoms with van der Waals surface area (Å²) in [7, 11) is 0. The van der Waals surface area contributed by atoms with Crippen molar-refractivity contribution in [3.05, 3.63) is 64.2 Å². The van der Waals surface area contributed by atoms with Gasteiger partial charge in [0.15, 0.2) is 0 Å². The number of hydrogen-bond acceptors (Lipinski definition) is 5. The maximum Gasteiger partial charge on any atom is 0.408 e. The van der Waals surface area contributed by atoms with Gasteiger partial charge in [-0.25, -0.2) is 4.79 Å². The van der Waals surface area contributed by atoms with Crippen LogP contribution in [-0.2, 0) is 14.3 Å². The van der Waals surface area contributed by atoms with E-state index in [1.54, 1.807) is 43.5 Å². The number of para-hydroxylation sites is 1. The molecule has 3 amide bonds. The summed E-state index contributed by atoms with van der Waals surface area (Å²) in [6.45, 7) is 11.7. The van der Waals surface area contributed by atoms with Gasteiger partial charge in [0, 0.05) is 6.54 Å². The lowest BCUT2D eigenvalue weighted by molar-refractivity contribution is -0.141. The smallest absolute Gasteiger partial charge is 0.408 e. The van der Waals surface area contributed by atoms with Crippen molar-refractivity contribution in [2.24, 2.45) is 0 Å². The van der Waals surface area contributed by atoms with E-state index in [4.69, 9.17) is 16.3 Å². The van der Waals surface area contributed by atoms with Crippen LogP contribution >= 0.6 is 23.4 Å². The molecule has 0 spiro atoms. The third-order valence-electron chi connectivity index (χ3n) is 6.81. The maximum atomic E-state index is 14.4. The summed E-state index contributed by atoms with van der Waals surface area (Å²) in [5, 5.41) is 6.24. The van der Waals surface area contributed by atoms with Crippen molar-refractivity contribution >= 4 is 47.0 Å². The number of carbonyl (C=O) groups is 3. The first kappa shape index (κ1) is 35.5. The van der Waals surface area contributed by atoms with E-state index < -0.39 is 23.8 Å². The largest absolute Gasteiger partial charge is 0.444 e. The van der Waals surface area contributed by atoms with E-state index in [1.165, 1.54) is 0 Å². The van der Waals surface area contributed by atoms with E-state index in [2.05, 4.69) is 17.6 Å². The van der Waals surface area contributed by atoms with Crippen molar-refractivity contribution in [2.75, 3.05) is 23.9 Å². The van der Waals surface area contributed by atoms with Gasteiger partial charge in [0.1, 0.15) is 17.7 Å². The highest BCUT2D eigenvalue weighted by atomic mass is 35.5. The Morgan fingerprint density at radius 3 is 2.26 bits per heavy atom. The van der Waals surface area contributed by atoms with Crippen LogP contribution in [0.1, 0.15) is 89.0 Å². The molecule has 0 saturated heterocycles. The minimum atomic E-state index is -0.933. The van der Waals surface area contributed by atoms with Gasteiger partial charge in [-0.1, -0.05) is 86.2 Å². The molecule has 0 fully saturated rings. The summed E-state index contributed by atoms with van der Waals surface area (Å²) in [6, 6.07) is 11.3. The van der Waals surface area contributed by atoms with Gasteiger partial charge in [-0.15, -0.1) is 0 Å². The summed E-state index contributed by atoms with van der Waals surface area (Å²) in [5.74, 6) is -0.0311. The van der Waals surface area contributed by atoms with Crippen molar-refractivity contribution in [1.82, 2.24) is 10.2 Å². The number of hydrogen-bond donors (Lipinski definition) is 2. The van der Waals surface area contributed by atoms with Gasteiger partial charge < -0.3 is 20.3 Å². The van der Waals surface area contributed by atoms with Crippen LogP contribution in [0.3, 0.4) is 0 Å². The lowest BCUT2D eigenvalue weighted by atomic mass is 10.00. The van der Waals surface area contributed by atoms with Crippen molar-refractivity contribution in [1.29, 1.82) is 0 Å². The molecule has 42 heavy (non-hydrogen) atoms. The molecule has 2 aromatic carbocycles. The zero-order valence-corrected chi connectivity index (χ0v) is 27.8. The SMILES string of the molecule is CCCCCCCN(C(=O)C(CCSC)NC(=O)OC(C)(C)C)C(C(=O)Nc1c(C)cccc1Cl)c1ccc(C)cc1. The summed E-state index contributed by atoms with van der Waals surface area (Å²) >= 11 is 8.07. The molecular formula is C33H48ClN3O4S. The van der Waals surface area contributed by atoms with Crippen LogP contribution in [-0.4, -0.2) is 53.0 Å². The Morgan fingerprint density at radius 2 is 1.67 bits per heavy atom. The summed E-state index contributed by atoms with van der Waals surface area (Å²) in [5.41, 5.74) is 2.35. The molecule has 2 N–H and O–H groups in total. The Labute approximate surface area is 261 Å². The number of thioether (sulfide) groups is 1. The Balaban J connectivity index is 2.54. The molecular weight excluding hydrogens is 570 g/mol. The zero-order valence-electron chi connectivity index (χ0n) is 26.2. The van der Waals surface area contributed by atoms with Gasteiger partial charge in [-0.2, -0.15) is 11.8 Å². The predicted octanol–water partition coefficient (Wildman–Crippen LogP) is 8.08. The van der Waals surface area contributed by atoms with E-state index in [0.29, 0.717) is 35.0 Å². The lowest BCUT2D eigenvalue weighted by Crippen LogP contribution is -2.52. The Hall–Kier alpha value is -2.71. The molecule has 2 atom stereocenters. The molecule has 0 bridgehead atoms. The van der Waals surface area contributed by atoms with Crippen LogP contribution in [0.2, 0.25) is 5.02 Å². The second-order valence-corrected chi connectivity index (χ2v) is 13.1. The predicted molar refractivity (Wildman–Crippen MR) is 175 cm³/mol. The topological polar surface area (TPSA) is 87.7 Å². The number of aryl methyl sites for hydroxylation is 2. The summed E-state index contributed by atoms with van der Waals surface area (Å²) in [6.07, 6.45) is 6.61. The lowest BCUT2D eigenvalue weighted by Gasteiger charge is -2.35. The van der Waals surface area contributed by atoms with Crippen molar-refractivity contribution in [2.45, 2.75) is 97.8 Å². The fourth-order valence-corrected chi connectivity index (χ4v) is 5.34. The third kappa shape index (κ3) is 11.5. The number of rotatable bonds is 15. The summed E-state index contributed by atoms with van der Waals surface area (Å²) < 4.78 is 5.49. The van der Waals surface area contributed by atoms with Crippen LogP contribution < -0.4 is 10.6 Å². The molecule has 2 unspecified atom stereocenters. The summed E-state index contributed by atoms with van der Waals surface area (Å²) in [4.78, 5) is 43.0. The maximum absolute atomic E-state index is 14.4. The number of alkyl carbamates (subject to hydrolysis) is 1. The Morgan fingerprint density at radius 1 is 1.00 bits per heavy atom. The molecule has 0 saturated carbocycles. The number of nitrogens with zero attached hydrogens (tertiary/aromatic N) is 1. The van der Waals surface area contributed by atoms with E-state index >= 15 is 0 Å². The molecule has 0 aliphatic rings. The number of benzene rings is 2. The second-order valence-electron chi connectivity index (χ2n) is 11.7. The molecule has 0 aromatic heterocycles. The molecule has 0 heterocycles. The number of carbonyl (C=O) groups excluding carboxylic acids is 3. The van der Waals surface area contributed by atoms with Crippen LogP contribution in [0.15, 0.2) is 42.5 Å².